The standard InChI is InChI=1S/C13H10ClNO3/c1-18-13(17)9-5-4-8(7-10(9)14)12-11(16)3-2-6-15-12/h2-7,16H,1H3. The van der Waals surface area contributed by atoms with Crippen molar-refractivity contribution < 1.29 is 14.6 Å². The SMILES string of the molecule is COC(=O)c1ccc(-c2ncccc2O)cc1Cl. The topological polar surface area (TPSA) is 59.4 Å². The smallest absolute Gasteiger partial charge is 0.339 e. The van der Waals surface area contributed by atoms with E-state index in [4.69, 9.17) is 11.6 Å². The van der Waals surface area contributed by atoms with E-state index in [2.05, 4.69) is 9.72 Å². The second-order valence-electron chi connectivity index (χ2n) is 3.56. The number of nitrogens with zero attached hydrogens (tertiary/aromatic N) is 1. The highest BCUT2D eigenvalue weighted by atomic mass is 35.5. The van der Waals surface area contributed by atoms with Crippen LogP contribution in [0.4, 0.5) is 0 Å². The third-order valence-electron chi connectivity index (χ3n) is 2.43. The van der Waals surface area contributed by atoms with Gasteiger partial charge in [-0.3, -0.25) is 4.98 Å². The number of pyridine rings is 1. The predicted octanol–water partition coefficient (Wildman–Crippen LogP) is 2.89. The van der Waals surface area contributed by atoms with Crippen LogP contribution in [0.1, 0.15) is 10.4 Å². The zero-order valence-corrected chi connectivity index (χ0v) is 10.3. The minimum Gasteiger partial charge on any atom is -0.506 e. The molecular weight excluding hydrogens is 254 g/mol. The molecule has 0 unspecified atom stereocenters. The highest BCUT2D eigenvalue weighted by molar-refractivity contribution is 6.33. The molecule has 0 saturated carbocycles. The number of halogens is 1. The quantitative estimate of drug-likeness (QED) is 0.847. The van der Waals surface area contributed by atoms with Crippen molar-refractivity contribution in [1.82, 2.24) is 4.98 Å². The first-order chi connectivity index (χ1) is 8.63. The van der Waals surface area contributed by atoms with Crippen LogP contribution in [0, 0.1) is 0 Å². The summed E-state index contributed by atoms with van der Waals surface area (Å²) in [6.45, 7) is 0. The van der Waals surface area contributed by atoms with Gasteiger partial charge in [-0.05, 0) is 24.3 Å². The first-order valence-corrected chi connectivity index (χ1v) is 5.53. The minimum absolute atomic E-state index is 0.0550. The number of ether oxygens (including phenoxy) is 1. The first kappa shape index (κ1) is 12.4. The minimum atomic E-state index is -0.503. The van der Waals surface area contributed by atoms with Crippen molar-refractivity contribution in [3.63, 3.8) is 0 Å². The van der Waals surface area contributed by atoms with Gasteiger partial charge in [0.15, 0.2) is 0 Å². The monoisotopic (exact) mass is 263 g/mol. The van der Waals surface area contributed by atoms with Crippen molar-refractivity contribution in [2.24, 2.45) is 0 Å². The van der Waals surface area contributed by atoms with Crippen molar-refractivity contribution in [2.75, 3.05) is 7.11 Å². The Morgan fingerprint density at radius 1 is 1.39 bits per heavy atom. The van der Waals surface area contributed by atoms with Crippen molar-refractivity contribution in [2.45, 2.75) is 0 Å². The van der Waals surface area contributed by atoms with E-state index in [0.717, 1.165) is 0 Å². The fourth-order valence-corrected chi connectivity index (χ4v) is 1.81. The summed E-state index contributed by atoms with van der Waals surface area (Å²) in [6.07, 6.45) is 1.57. The molecule has 0 radical (unpaired) electrons. The number of hydrogen-bond donors (Lipinski definition) is 1. The summed E-state index contributed by atoms with van der Waals surface area (Å²) in [5, 5.41) is 9.94. The molecule has 0 bridgehead atoms. The van der Waals surface area contributed by atoms with Gasteiger partial charge in [0, 0.05) is 11.8 Å². The molecule has 0 amide bonds. The van der Waals surface area contributed by atoms with Gasteiger partial charge in [0.2, 0.25) is 0 Å². The molecule has 5 heteroatoms. The largest absolute Gasteiger partial charge is 0.506 e. The molecule has 0 saturated heterocycles. The van der Waals surface area contributed by atoms with E-state index in [-0.39, 0.29) is 16.3 Å². The highest BCUT2D eigenvalue weighted by Gasteiger charge is 2.13. The molecule has 1 aromatic carbocycles. The summed E-state index contributed by atoms with van der Waals surface area (Å²) in [5.74, 6) is -0.448. The highest BCUT2D eigenvalue weighted by Crippen LogP contribution is 2.29. The molecule has 1 aromatic heterocycles. The normalized spacial score (nSPS) is 10.1. The number of carbonyl (C=O) groups is 1. The Morgan fingerprint density at radius 2 is 2.17 bits per heavy atom. The molecule has 0 aliphatic rings. The number of aromatic hydroxyl groups is 1. The van der Waals surface area contributed by atoms with Crippen molar-refractivity contribution in [3.8, 4) is 17.0 Å². The number of esters is 1. The average molecular weight is 264 g/mol. The molecule has 92 valence electrons. The van der Waals surface area contributed by atoms with Gasteiger partial charge < -0.3 is 9.84 Å². The van der Waals surface area contributed by atoms with Crippen LogP contribution in [-0.4, -0.2) is 23.2 Å². The molecule has 18 heavy (non-hydrogen) atoms. The second-order valence-corrected chi connectivity index (χ2v) is 3.96. The summed E-state index contributed by atoms with van der Waals surface area (Å²) >= 11 is 6.00. The number of carbonyl (C=O) groups excluding carboxylic acids is 1. The Labute approximate surface area is 109 Å². The lowest BCUT2D eigenvalue weighted by molar-refractivity contribution is 0.0601. The van der Waals surface area contributed by atoms with Gasteiger partial charge >= 0.3 is 5.97 Å². The van der Waals surface area contributed by atoms with Crippen molar-refractivity contribution >= 4 is 17.6 Å². The molecule has 2 aromatic rings. The fraction of sp³-hybridized carbons (Fsp3) is 0.0769. The van der Waals surface area contributed by atoms with Gasteiger partial charge in [-0.25, -0.2) is 4.79 Å². The summed E-state index contributed by atoms with van der Waals surface area (Å²) < 4.78 is 4.60. The fourth-order valence-electron chi connectivity index (χ4n) is 1.56. The molecule has 2 rings (SSSR count). The first-order valence-electron chi connectivity index (χ1n) is 5.15. The van der Waals surface area contributed by atoms with E-state index in [0.29, 0.717) is 11.3 Å². The van der Waals surface area contributed by atoms with Crippen LogP contribution in [0.3, 0.4) is 0 Å². The predicted molar refractivity (Wildman–Crippen MR) is 67.7 cm³/mol. The van der Waals surface area contributed by atoms with E-state index >= 15 is 0 Å². The van der Waals surface area contributed by atoms with Crippen LogP contribution in [0.25, 0.3) is 11.3 Å². The maximum absolute atomic E-state index is 11.4. The Balaban J connectivity index is 2.47. The molecule has 0 atom stereocenters. The Kier molecular flexibility index (Phi) is 3.48. The summed E-state index contributed by atoms with van der Waals surface area (Å²) in [6, 6.07) is 7.92. The molecule has 0 spiro atoms. The van der Waals surface area contributed by atoms with E-state index in [9.17, 15) is 9.90 Å². The lowest BCUT2D eigenvalue weighted by Crippen LogP contribution is -2.02. The van der Waals surface area contributed by atoms with Crippen LogP contribution in [0.15, 0.2) is 36.5 Å². The van der Waals surface area contributed by atoms with Gasteiger partial charge in [-0.15, -0.1) is 0 Å². The maximum atomic E-state index is 11.4. The van der Waals surface area contributed by atoms with Gasteiger partial charge in [0.05, 0.1) is 17.7 Å². The van der Waals surface area contributed by atoms with Crippen LogP contribution < -0.4 is 0 Å². The van der Waals surface area contributed by atoms with Gasteiger partial charge in [0.25, 0.3) is 0 Å². The number of methoxy groups -OCH3 is 1. The zero-order chi connectivity index (χ0) is 13.1. The number of benzene rings is 1. The van der Waals surface area contributed by atoms with Gasteiger partial charge in [-0.2, -0.15) is 0 Å². The van der Waals surface area contributed by atoms with E-state index < -0.39 is 5.97 Å². The Hall–Kier alpha value is -2.07. The summed E-state index contributed by atoms with van der Waals surface area (Å²) in [7, 11) is 1.29. The Morgan fingerprint density at radius 3 is 2.78 bits per heavy atom. The lowest BCUT2D eigenvalue weighted by Gasteiger charge is -2.06. The van der Waals surface area contributed by atoms with E-state index in [1.54, 1.807) is 24.4 Å². The average Bonchev–Trinajstić information content (AvgIpc) is 2.38. The van der Waals surface area contributed by atoms with Gasteiger partial charge in [-0.1, -0.05) is 17.7 Å². The molecule has 1 heterocycles. The van der Waals surface area contributed by atoms with Crippen LogP contribution in [-0.2, 0) is 4.74 Å². The summed E-state index contributed by atoms with van der Waals surface area (Å²) in [4.78, 5) is 15.4. The van der Waals surface area contributed by atoms with E-state index in [1.165, 1.54) is 19.2 Å². The molecule has 0 aliphatic carbocycles. The summed E-state index contributed by atoms with van der Waals surface area (Å²) in [5.41, 5.74) is 1.32. The lowest BCUT2D eigenvalue weighted by atomic mass is 10.1. The maximum Gasteiger partial charge on any atom is 0.339 e. The van der Waals surface area contributed by atoms with Crippen LogP contribution in [0.5, 0.6) is 5.75 Å². The van der Waals surface area contributed by atoms with E-state index in [1.807, 2.05) is 0 Å². The third-order valence-corrected chi connectivity index (χ3v) is 2.75. The van der Waals surface area contributed by atoms with Crippen molar-refractivity contribution in [1.29, 1.82) is 0 Å². The third kappa shape index (κ3) is 2.28. The zero-order valence-electron chi connectivity index (χ0n) is 9.55. The molecule has 0 fully saturated rings. The van der Waals surface area contributed by atoms with Crippen molar-refractivity contribution in [3.05, 3.63) is 47.1 Å². The number of rotatable bonds is 2. The molecule has 0 aliphatic heterocycles. The number of aromatic nitrogens is 1. The second kappa shape index (κ2) is 5.06. The molecule has 1 N–H and O–H groups in total. The number of hydrogen-bond acceptors (Lipinski definition) is 4. The van der Waals surface area contributed by atoms with Gasteiger partial charge in [0.1, 0.15) is 11.4 Å². The molecular formula is C13H10ClNO3. The van der Waals surface area contributed by atoms with Crippen LogP contribution in [0.2, 0.25) is 5.02 Å². The molecule has 4 nitrogen and oxygen atoms in total. The van der Waals surface area contributed by atoms with Crippen LogP contribution >= 0.6 is 11.6 Å². The Bertz CT molecular complexity index is 599.